The topological polar surface area (TPSA) is 91.9 Å². The SMILES string of the molecule is Cc1nonc1CC(=O)N1CC[C@@](O)(CN2CCOCC2)C(C)(C)C1. The Morgan fingerprint density at radius 2 is 1.96 bits per heavy atom. The highest BCUT2D eigenvalue weighted by molar-refractivity contribution is 5.78. The molecule has 1 atom stereocenters. The molecule has 3 rings (SSSR count). The third-order valence-electron chi connectivity index (χ3n) is 5.65. The predicted molar refractivity (Wildman–Crippen MR) is 89.9 cm³/mol. The average Bonchev–Trinajstić information content (AvgIpc) is 2.96. The lowest BCUT2D eigenvalue weighted by Gasteiger charge is -2.52. The van der Waals surface area contributed by atoms with Crippen LogP contribution in [0.15, 0.2) is 4.63 Å². The fourth-order valence-corrected chi connectivity index (χ4v) is 3.66. The summed E-state index contributed by atoms with van der Waals surface area (Å²) in [4.78, 5) is 16.7. The number of aliphatic hydroxyl groups is 1. The van der Waals surface area contributed by atoms with Crippen molar-refractivity contribution >= 4 is 5.91 Å². The largest absolute Gasteiger partial charge is 0.388 e. The molecule has 0 saturated carbocycles. The minimum atomic E-state index is -0.813. The number of β-amino-alcohol motifs (C(OH)–C–C–N with tert-alkyl or cyclic N) is 1. The van der Waals surface area contributed by atoms with Gasteiger partial charge in [0.15, 0.2) is 0 Å². The van der Waals surface area contributed by atoms with Crippen molar-refractivity contribution in [3.05, 3.63) is 11.4 Å². The van der Waals surface area contributed by atoms with Crippen LogP contribution >= 0.6 is 0 Å². The smallest absolute Gasteiger partial charge is 0.228 e. The molecule has 2 aliphatic rings. The number of amides is 1. The fourth-order valence-electron chi connectivity index (χ4n) is 3.66. The van der Waals surface area contributed by atoms with Crippen molar-refractivity contribution in [1.29, 1.82) is 0 Å². The van der Waals surface area contributed by atoms with Crippen molar-refractivity contribution < 1.29 is 19.3 Å². The number of piperidine rings is 1. The lowest BCUT2D eigenvalue weighted by molar-refractivity contribution is -0.157. The van der Waals surface area contributed by atoms with Crippen molar-refractivity contribution in [2.45, 2.75) is 39.2 Å². The maximum Gasteiger partial charge on any atom is 0.228 e. The first-order valence-corrected chi connectivity index (χ1v) is 8.89. The maximum atomic E-state index is 12.6. The molecule has 0 aromatic carbocycles. The molecule has 8 nitrogen and oxygen atoms in total. The van der Waals surface area contributed by atoms with Crippen LogP contribution in [0.4, 0.5) is 0 Å². The molecular formula is C17H28N4O4. The van der Waals surface area contributed by atoms with E-state index in [-0.39, 0.29) is 12.3 Å². The summed E-state index contributed by atoms with van der Waals surface area (Å²) < 4.78 is 10.1. The van der Waals surface area contributed by atoms with Crippen LogP contribution in [0.5, 0.6) is 0 Å². The molecule has 8 heteroatoms. The van der Waals surface area contributed by atoms with Gasteiger partial charge < -0.3 is 14.7 Å². The Balaban J connectivity index is 1.63. The van der Waals surface area contributed by atoms with Gasteiger partial charge in [-0.15, -0.1) is 0 Å². The Kier molecular flexibility index (Phi) is 5.13. The molecule has 1 amide bonds. The number of nitrogens with zero attached hydrogens (tertiary/aromatic N) is 4. The molecule has 2 saturated heterocycles. The van der Waals surface area contributed by atoms with Gasteiger partial charge in [-0.2, -0.15) is 0 Å². The number of rotatable bonds is 4. The molecule has 140 valence electrons. The van der Waals surface area contributed by atoms with E-state index in [4.69, 9.17) is 4.74 Å². The normalized spacial score (nSPS) is 27.4. The van der Waals surface area contributed by atoms with Crippen LogP contribution in [-0.2, 0) is 16.0 Å². The van der Waals surface area contributed by atoms with Gasteiger partial charge in [0.2, 0.25) is 5.91 Å². The van der Waals surface area contributed by atoms with Gasteiger partial charge in [-0.3, -0.25) is 9.69 Å². The van der Waals surface area contributed by atoms with Crippen LogP contribution in [0.25, 0.3) is 0 Å². The van der Waals surface area contributed by atoms with Crippen LogP contribution in [-0.4, -0.2) is 82.7 Å². The molecule has 0 bridgehead atoms. The zero-order valence-corrected chi connectivity index (χ0v) is 15.3. The van der Waals surface area contributed by atoms with E-state index in [1.165, 1.54) is 0 Å². The molecule has 0 aliphatic carbocycles. The number of likely N-dealkylation sites (tertiary alicyclic amines) is 1. The number of hydrogen-bond acceptors (Lipinski definition) is 7. The molecule has 0 spiro atoms. The highest BCUT2D eigenvalue weighted by Crippen LogP contribution is 2.39. The van der Waals surface area contributed by atoms with E-state index in [1.54, 1.807) is 6.92 Å². The number of morpholine rings is 1. The Hall–Kier alpha value is -1.51. The predicted octanol–water partition coefficient (Wildman–Crippen LogP) is 0.242. The van der Waals surface area contributed by atoms with Crippen molar-refractivity contribution in [2.24, 2.45) is 5.41 Å². The van der Waals surface area contributed by atoms with E-state index in [0.717, 1.165) is 13.1 Å². The van der Waals surface area contributed by atoms with E-state index in [0.29, 0.717) is 50.7 Å². The van der Waals surface area contributed by atoms with E-state index in [1.807, 2.05) is 18.7 Å². The molecule has 0 unspecified atom stereocenters. The number of ether oxygens (including phenoxy) is 1. The van der Waals surface area contributed by atoms with Crippen LogP contribution in [0.2, 0.25) is 0 Å². The minimum Gasteiger partial charge on any atom is -0.388 e. The fraction of sp³-hybridized carbons (Fsp3) is 0.824. The first-order chi connectivity index (χ1) is 11.8. The number of hydrogen-bond donors (Lipinski definition) is 1. The summed E-state index contributed by atoms with van der Waals surface area (Å²) in [7, 11) is 0. The third kappa shape index (κ3) is 3.86. The van der Waals surface area contributed by atoms with Crippen LogP contribution < -0.4 is 0 Å². The van der Waals surface area contributed by atoms with Gasteiger partial charge in [0.05, 0.1) is 25.2 Å². The Labute approximate surface area is 148 Å². The second-order valence-electron chi connectivity index (χ2n) is 7.84. The van der Waals surface area contributed by atoms with E-state index >= 15 is 0 Å². The van der Waals surface area contributed by atoms with E-state index in [9.17, 15) is 9.90 Å². The zero-order chi connectivity index (χ0) is 18.1. The van der Waals surface area contributed by atoms with Crippen molar-refractivity contribution in [3.8, 4) is 0 Å². The van der Waals surface area contributed by atoms with Gasteiger partial charge in [-0.25, -0.2) is 4.63 Å². The highest BCUT2D eigenvalue weighted by Gasteiger charge is 2.49. The lowest BCUT2D eigenvalue weighted by atomic mass is 9.69. The summed E-state index contributed by atoms with van der Waals surface area (Å²) in [5, 5.41) is 18.8. The molecule has 2 fully saturated rings. The van der Waals surface area contributed by atoms with Gasteiger partial charge >= 0.3 is 0 Å². The number of carbonyl (C=O) groups excluding carboxylic acids is 1. The van der Waals surface area contributed by atoms with Gasteiger partial charge in [-0.1, -0.05) is 24.2 Å². The van der Waals surface area contributed by atoms with Gasteiger partial charge in [-0.05, 0) is 13.3 Å². The van der Waals surface area contributed by atoms with Gasteiger partial charge in [0.25, 0.3) is 0 Å². The molecule has 2 aliphatic heterocycles. The summed E-state index contributed by atoms with van der Waals surface area (Å²) in [6.07, 6.45) is 0.756. The van der Waals surface area contributed by atoms with Gasteiger partial charge in [0, 0.05) is 38.1 Å². The van der Waals surface area contributed by atoms with Crippen LogP contribution in [0.3, 0.4) is 0 Å². The first kappa shape index (κ1) is 18.3. The molecule has 1 aromatic rings. The average molecular weight is 352 g/mol. The Morgan fingerprint density at radius 1 is 1.24 bits per heavy atom. The van der Waals surface area contributed by atoms with Gasteiger partial charge in [0.1, 0.15) is 11.4 Å². The maximum absolute atomic E-state index is 12.6. The lowest BCUT2D eigenvalue weighted by Crippen LogP contribution is -2.63. The minimum absolute atomic E-state index is 0.000275. The Morgan fingerprint density at radius 3 is 2.56 bits per heavy atom. The van der Waals surface area contributed by atoms with E-state index in [2.05, 4.69) is 19.8 Å². The van der Waals surface area contributed by atoms with Crippen LogP contribution in [0, 0.1) is 12.3 Å². The standard InChI is InChI=1S/C17H28N4O4/c1-13-14(19-25-18-13)10-15(22)21-5-4-17(23,16(2,3)11-21)12-20-6-8-24-9-7-20/h23H,4-12H2,1-3H3/t17-/m1/s1. The van der Waals surface area contributed by atoms with Crippen LogP contribution in [0.1, 0.15) is 31.7 Å². The number of carbonyl (C=O) groups is 1. The molecule has 25 heavy (non-hydrogen) atoms. The summed E-state index contributed by atoms with van der Waals surface area (Å²) in [6.45, 7) is 10.7. The second-order valence-corrected chi connectivity index (χ2v) is 7.84. The molecule has 0 radical (unpaired) electrons. The Bertz CT molecular complexity index is 612. The summed E-state index contributed by atoms with van der Waals surface area (Å²) in [5.74, 6) is 0.000275. The molecular weight excluding hydrogens is 324 g/mol. The first-order valence-electron chi connectivity index (χ1n) is 8.89. The van der Waals surface area contributed by atoms with Crippen molar-refractivity contribution in [1.82, 2.24) is 20.1 Å². The third-order valence-corrected chi connectivity index (χ3v) is 5.65. The molecule has 3 heterocycles. The summed E-state index contributed by atoms with van der Waals surface area (Å²) >= 11 is 0. The van der Waals surface area contributed by atoms with Crippen molar-refractivity contribution in [2.75, 3.05) is 45.9 Å². The number of aryl methyl sites for hydroxylation is 1. The highest BCUT2D eigenvalue weighted by atomic mass is 16.6. The second kappa shape index (κ2) is 7.01. The number of aromatic nitrogens is 2. The van der Waals surface area contributed by atoms with E-state index < -0.39 is 11.0 Å². The van der Waals surface area contributed by atoms with Crippen molar-refractivity contribution in [3.63, 3.8) is 0 Å². The summed E-state index contributed by atoms with van der Waals surface area (Å²) in [6, 6.07) is 0. The monoisotopic (exact) mass is 352 g/mol. The molecule has 1 N–H and O–H groups in total. The summed E-state index contributed by atoms with van der Waals surface area (Å²) in [5.41, 5.74) is 0.0217. The quantitative estimate of drug-likeness (QED) is 0.830. The zero-order valence-electron chi connectivity index (χ0n) is 15.3. The molecule has 1 aromatic heterocycles.